The molecule has 27 heavy (non-hydrogen) atoms. The lowest BCUT2D eigenvalue weighted by atomic mass is 10.0. The zero-order chi connectivity index (χ0) is 20.0. The minimum atomic E-state index is -4.43. The molecule has 0 radical (unpaired) electrons. The first-order valence-electron chi connectivity index (χ1n) is 8.55. The number of halogens is 3. The lowest BCUT2D eigenvalue weighted by molar-refractivity contribution is -0.137. The number of amides is 1. The van der Waals surface area contributed by atoms with Crippen LogP contribution in [0.25, 0.3) is 0 Å². The van der Waals surface area contributed by atoms with Crippen molar-refractivity contribution in [3.05, 3.63) is 59.2 Å². The van der Waals surface area contributed by atoms with E-state index in [-0.39, 0.29) is 0 Å². The lowest BCUT2D eigenvalue weighted by Gasteiger charge is -2.17. The maximum atomic E-state index is 12.9. The molecule has 7 heteroatoms. The Hall–Kier alpha value is -2.70. The molecule has 2 aromatic carbocycles. The van der Waals surface area contributed by atoms with E-state index >= 15 is 0 Å². The van der Waals surface area contributed by atoms with Crippen LogP contribution < -0.4 is 14.8 Å². The summed E-state index contributed by atoms with van der Waals surface area (Å²) >= 11 is 0. The third-order valence-corrected chi connectivity index (χ3v) is 3.95. The van der Waals surface area contributed by atoms with Gasteiger partial charge < -0.3 is 14.8 Å². The van der Waals surface area contributed by atoms with Gasteiger partial charge in [-0.15, -0.1) is 0 Å². The van der Waals surface area contributed by atoms with E-state index in [2.05, 4.69) is 5.32 Å². The summed E-state index contributed by atoms with van der Waals surface area (Å²) in [7, 11) is 1.47. The summed E-state index contributed by atoms with van der Waals surface area (Å²) in [4.78, 5) is 12.5. The molecule has 0 bridgehead atoms. The average molecular weight is 381 g/mol. The molecule has 0 spiro atoms. The molecule has 146 valence electrons. The van der Waals surface area contributed by atoms with E-state index in [0.29, 0.717) is 29.2 Å². The number of carbonyl (C=O) groups is 1. The van der Waals surface area contributed by atoms with Crippen LogP contribution in [0.15, 0.2) is 42.5 Å². The number of ether oxygens (including phenoxy) is 2. The first kappa shape index (κ1) is 20.6. The summed E-state index contributed by atoms with van der Waals surface area (Å²) in [5.74, 6) is 0.532. The molecule has 0 heterocycles. The van der Waals surface area contributed by atoms with Crippen molar-refractivity contribution < 1.29 is 27.4 Å². The maximum absolute atomic E-state index is 12.9. The number of alkyl halides is 3. The number of nitrogens with one attached hydrogen (secondary N) is 1. The summed E-state index contributed by atoms with van der Waals surface area (Å²) in [5.41, 5.74) is -0.0530. The lowest BCUT2D eigenvalue weighted by Crippen LogP contribution is -2.26. The quantitative estimate of drug-likeness (QED) is 0.735. The van der Waals surface area contributed by atoms with Crippen LogP contribution in [0.4, 0.5) is 13.2 Å². The van der Waals surface area contributed by atoms with E-state index in [4.69, 9.17) is 9.47 Å². The topological polar surface area (TPSA) is 47.6 Å². The van der Waals surface area contributed by atoms with Crippen molar-refractivity contribution >= 4 is 5.91 Å². The minimum Gasteiger partial charge on any atom is -0.493 e. The number of rotatable bonds is 7. The Morgan fingerprint density at radius 1 is 1.15 bits per heavy atom. The van der Waals surface area contributed by atoms with Crippen molar-refractivity contribution in [2.75, 3.05) is 13.7 Å². The molecule has 0 aliphatic heterocycles. The second-order valence-corrected chi connectivity index (χ2v) is 6.03. The molecule has 0 saturated heterocycles. The van der Waals surface area contributed by atoms with E-state index in [0.717, 1.165) is 18.6 Å². The molecular formula is C20H22F3NO3. The fourth-order valence-electron chi connectivity index (χ4n) is 2.49. The predicted molar refractivity (Wildman–Crippen MR) is 96.1 cm³/mol. The van der Waals surface area contributed by atoms with Gasteiger partial charge in [-0.3, -0.25) is 4.79 Å². The van der Waals surface area contributed by atoms with E-state index in [1.54, 1.807) is 31.2 Å². The van der Waals surface area contributed by atoms with Crippen molar-refractivity contribution in [1.29, 1.82) is 0 Å². The highest BCUT2D eigenvalue weighted by molar-refractivity contribution is 5.95. The molecule has 2 aromatic rings. The minimum absolute atomic E-state index is 0.328. The third-order valence-electron chi connectivity index (χ3n) is 3.95. The van der Waals surface area contributed by atoms with E-state index < -0.39 is 23.7 Å². The Labute approximate surface area is 156 Å². The van der Waals surface area contributed by atoms with E-state index in [1.165, 1.54) is 13.2 Å². The van der Waals surface area contributed by atoms with E-state index in [1.807, 2.05) is 6.92 Å². The van der Waals surface area contributed by atoms with Gasteiger partial charge in [0.05, 0.1) is 25.3 Å². The number of methoxy groups -OCH3 is 1. The molecule has 0 fully saturated rings. The molecule has 1 atom stereocenters. The fraction of sp³-hybridized carbons (Fsp3) is 0.350. The van der Waals surface area contributed by atoms with Crippen LogP contribution in [0.5, 0.6) is 11.5 Å². The molecule has 1 amide bonds. The number of hydrogen-bond donors (Lipinski definition) is 1. The van der Waals surface area contributed by atoms with Crippen molar-refractivity contribution in [3.8, 4) is 11.5 Å². The van der Waals surface area contributed by atoms with Crippen LogP contribution in [0.3, 0.4) is 0 Å². The molecule has 4 nitrogen and oxygen atoms in total. The third kappa shape index (κ3) is 5.39. The zero-order valence-corrected chi connectivity index (χ0v) is 15.4. The standard InChI is InChI=1S/C20H22F3NO3/c1-4-10-27-17-9-8-15(12-18(17)26-3)19(25)24-13(2)14-6-5-7-16(11-14)20(21,22)23/h5-9,11-13H,4,10H2,1-3H3,(H,24,25)/t13-/m0/s1. The highest BCUT2D eigenvalue weighted by Gasteiger charge is 2.30. The molecule has 0 aromatic heterocycles. The molecule has 0 saturated carbocycles. The van der Waals surface area contributed by atoms with E-state index in [9.17, 15) is 18.0 Å². The molecular weight excluding hydrogens is 359 g/mol. The van der Waals surface area contributed by atoms with Gasteiger partial charge in [0.2, 0.25) is 0 Å². The highest BCUT2D eigenvalue weighted by Crippen LogP contribution is 2.31. The maximum Gasteiger partial charge on any atom is 0.416 e. The Morgan fingerprint density at radius 3 is 2.52 bits per heavy atom. The second kappa shape index (κ2) is 8.79. The second-order valence-electron chi connectivity index (χ2n) is 6.03. The fourth-order valence-corrected chi connectivity index (χ4v) is 2.49. The zero-order valence-electron chi connectivity index (χ0n) is 15.4. The molecule has 0 aliphatic carbocycles. The molecule has 1 N–H and O–H groups in total. The SMILES string of the molecule is CCCOc1ccc(C(=O)N[C@@H](C)c2cccc(C(F)(F)F)c2)cc1OC. The Bertz CT molecular complexity index is 790. The first-order valence-corrected chi connectivity index (χ1v) is 8.55. The molecule has 2 rings (SSSR count). The monoisotopic (exact) mass is 381 g/mol. The molecule has 0 aliphatic rings. The summed E-state index contributed by atoms with van der Waals surface area (Å²) < 4.78 is 49.4. The van der Waals surface area contributed by atoms with Crippen LogP contribution >= 0.6 is 0 Å². The van der Waals surface area contributed by atoms with Gasteiger partial charge in [0.15, 0.2) is 11.5 Å². The van der Waals surface area contributed by atoms with Gasteiger partial charge in [-0.05, 0) is 49.2 Å². The average Bonchev–Trinajstić information content (AvgIpc) is 2.65. The Kier molecular flexibility index (Phi) is 6.71. The smallest absolute Gasteiger partial charge is 0.416 e. The van der Waals surface area contributed by atoms with Gasteiger partial charge in [0.1, 0.15) is 0 Å². The van der Waals surface area contributed by atoms with Crippen molar-refractivity contribution in [3.63, 3.8) is 0 Å². The first-order chi connectivity index (χ1) is 12.8. The molecule has 0 unspecified atom stereocenters. The predicted octanol–water partition coefficient (Wildman–Crippen LogP) is 4.99. The van der Waals surface area contributed by atoms with Gasteiger partial charge in [0.25, 0.3) is 5.91 Å². The summed E-state index contributed by atoms with van der Waals surface area (Å²) in [6.07, 6.45) is -3.60. The summed E-state index contributed by atoms with van der Waals surface area (Å²) in [5, 5.41) is 2.70. The Balaban J connectivity index is 2.14. The van der Waals surface area contributed by atoms with Crippen molar-refractivity contribution in [1.82, 2.24) is 5.32 Å². The number of hydrogen-bond acceptors (Lipinski definition) is 3. The number of benzene rings is 2. The summed E-state index contributed by atoms with van der Waals surface area (Å²) in [6.45, 7) is 4.13. The highest BCUT2D eigenvalue weighted by atomic mass is 19.4. The van der Waals surface area contributed by atoms with Gasteiger partial charge in [-0.1, -0.05) is 19.1 Å². The van der Waals surface area contributed by atoms with Gasteiger partial charge >= 0.3 is 6.18 Å². The van der Waals surface area contributed by atoms with Crippen LogP contribution in [0, 0.1) is 0 Å². The van der Waals surface area contributed by atoms with Crippen molar-refractivity contribution in [2.45, 2.75) is 32.5 Å². The largest absolute Gasteiger partial charge is 0.493 e. The van der Waals surface area contributed by atoms with Crippen LogP contribution in [-0.4, -0.2) is 19.6 Å². The summed E-state index contributed by atoms with van der Waals surface area (Å²) in [6, 6.07) is 9.07. The number of carbonyl (C=O) groups excluding carboxylic acids is 1. The Morgan fingerprint density at radius 2 is 1.89 bits per heavy atom. The van der Waals surface area contributed by atoms with Crippen LogP contribution in [-0.2, 0) is 6.18 Å². The van der Waals surface area contributed by atoms with Crippen LogP contribution in [0.2, 0.25) is 0 Å². The van der Waals surface area contributed by atoms with Crippen LogP contribution in [0.1, 0.15) is 47.8 Å². The van der Waals surface area contributed by atoms with Gasteiger partial charge in [0, 0.05) is 5.56 Å². The van der Waals surface area contributed by atoms with Crippen molar-refractivity contribution in [2.24, 2.45) is 0 Å². The van der Waals surface area contributed by atoms with Gasteiger partial charge in [-0.25, -0.2) is 0 Å². The normalized spacial score (nSPS) is 12.4. The van der Waals surface area contributed by atoms with Gasteiger partial charge in [-0.2, -0.15) is 13.2 Å².